The molecule has 0 amide bonds. The first-order valence-corrected chi connectivity index (χ1v) is 6.53. The van der Waals surface area contributed by atoms with Crippen LogP contribution in [0.2, 0.25) is 0 Å². The summed E-state index contributed by atoms with van der Waals surface area (Å²) in [6.07, 6.45) is 1.56. The third kappa shape index (κ3) is 5.38. The number of hydrogen-bond donors (Lipinski definition) is 3. The number of anilines is 1. The highest BCUT2D eigenvalue weighted by molar-refractivity contribution is 5.54. The number of aliphatic hydroxyl groups is 1. The maximum absolute atomic E-state index is 9.11. The van der Waals surface area contributed by atoms with E-state index in [1.807, 2.05) is 18.2 Å². The number of aliphatic hydroxyl groups excluding tert-OH is 1. The Kier molecular flexibility index (Phi) is 6.54. The van der Waals surface area contributed by atoms with E-state index in [9.17, 15) is 0 Å². The van der Waals surface area contributed by atoms with Crippen molar-refractivity contribution in [2.24, 2.45) is 0 Å². The Morgan fingerprint density at radius 1 is 1.44 bits per heavy atom. The smallest absolute Gasteiger partial charge is 0.142 e. The van der Waals surface area contributed by atoms with Gasteiger partial charge in [-0.3, -0.25) is 0 Å². The van der Waals surface area contributed by atoms with Crippen LogP contribution in [0.15, 0.2) is 18.2 Å². The number of ether oxygens (including phenoxy) is 1. The topological polar surface area (TPSA) is 67.5 Å². The summed E-state index contributed by atoms with van der Waals surface area (Å²) in [7, 11) is 0. The van der Waals surface area contributed by atoms with E-state index < -0.39 is 0 Å². The summed E-state index contributed by atoms with van der Waals surface area (Å²) in [5, 5.41) is 12.3. The van der Waals surface area contributed by atoms with Crippen molar-refractivity contribution in [3.8, 4) is 5.75 Å². The molecule has 0 saturated carbocycles. The molecule has 0 aliphatic rings. The third-order valence-corrected chi connectivity index (χ3v) is 2.57. The molecular formula is C14H24N2O2. The van der Waals surface area contributed by atoms with Crippen molar-refractivity contribution in [1.29, 1.82) is 0 Å². The monoisotopic (exact) mass is 252 g/mol. The lowest BCUT2D eigenvalue weighted by Crippen LogP contribution is -2.26. The Labute approximate surface area is 109 Å². The highest BCUT2D eigenvalue weighted by Crippen LogP contribution is 2.22. The maximum atomic E-state index is 9.11. The molecule has 1 aromatic carbocycles. The van der Waals surface area contributed by atoms with E-state index in [-0.39, 0.29) is 6.10 Å². The van der Waals surface area contributed by atoms with Crippen LogP contribution in [0, 0.1) is 0 Å². The largest absolute Gasteiger partial charge is 0.491 e. The first-order chi connectivity index (χ1) is 8.63. The molecule has 4 nitrogen and oxygen atoms in total. The van der Waals surface area contributed by atoms with Gasteiger partial charge in [0, 0.05) is 6.54 Å². The Morgan fingerprint density at radius 2 is 2.22 bits per heavy atom. The van der Waals surface area contributed by atoms with Crippen LogP contribution >= 0.6 is 0 Å². The number of nitrogens with two attached hydrogens (primary N) is 1. The molecule has 1 rings (SSSR count). The van der Waals surface area contributed by atoms with E-state index in [0.29, 0.717) is 18.8 Å². The molecule has 0 saturated heterocycles. The number of nitrogens with one attached hydrogen (secondary N) is 1. The summed E-state index contributed by atoms with van der Waals surface area (Å²) in [5.74, 6) is 0.762. The van der Waals surface area contributed by atoms with Crippen LogP contribution in [-0.2, 0) is 6.42 Å². The molecule has 0 spiro atoms. The molecule has 1 aromatic rings. The van der Waals surface area contributed by atoms with Crippen LogP contribution in [0.25, 0.3) is 0 Å². The standard InChI is InChI=1S/C14H24N2O2/c1-3-8-18-14-5-4-12(9-13(14)15)6-7-16-10-11(2)17/h4-5,9,11,16-17H,3,6-8,10,15H2,1-2H3. The van der Waals surface area contributed by atoms with Crippen LogP contribution in [0.5, 0.6) is 5.75 Å². The molecular weight excluding hydrogens is 228 g/mol. The van der Waals surface area contributed by atoms with Crippen molar-refractivity contribution in [2.45, 2.75) is 32.8 Å². The third-order valence-electron chi connectivity index (χ3n) is 2.57. The first-order valence-electron chi connectivity index (χ1n) is 6.53. The molecule has 4 heteroatoms. The van der Waals surface area contributed by atoms with Gasteiger partial charge in [-0.15, -0.1) is 0 Å². The summed E-state index contributed by atoms with van der Waals surface area (Å²) in [6, 6.07) is 5.91. The van der Waals surface area contributed by atoms with E-state index in [0.717, 1.165) is 25.1 Å². The molecule has 0 bridgehead atoms. The Bertz CT molecular complexity index is 354. The Balaban J connectivity index is 2.41. The van der Waals surface area contributed by atoms with Crippen LogP contribution in [0.1, 0.15) is 25.8 Å². The highest BCUT2D eigenvalue weighted by atomic mass is 16.5. The molecule has 1 unspecified atom stereocenters. The van der Waals surface area contributed by atoms with Crippen LogP contribution in [0.3, 0.4) is 0 Å². The van der Waals surface area contributed by atoms with E-state index in [1.165, 1.54) is 5.56 Å². The summed E-state index contributed by atoms with van der Waals surface area (Å²) in [4.78, 5) is 0. The van der Waals surface area contributed by atoms with Gasteiger partial charge in [0.25, 0.3) is 0 Å². The minimum atomic E-state index is -0.306. The van der Waals surface area contributed by atoms with Gasteiger partial charge in [0.1, 0.15) is 5.75 Å². The molecule has 18 heavy (non-hydrogen) atoms. The lowest BCUT2D eigenvalue weighted by atomic mass is 10.1. The number of rotatable bonds is 8. The van der Waals surface area contributed by atoms with Crippen molar-refractivity contribution in [3.63, 3.8) is 0 Å². The predicted octanol–water partition coefficient (Wildman–Crippen LogP) is 1.57. The molecule has 0 radical (unpaired) electrons. The SMILES string of the molecule is CCCOc1ccc(CCNCC(C)O)cc1N. The van der Waals surface area contributed by atoms with Crippen molar-refractivity contribution in [3.05, 3.63) is 23.8 Å². The van der Waals surface area contributed by atoms with Crippen LogP contribution in [-0.4, -0.2) is 30.9 Å². The quantitative estimate of drug-likeness (QED) is 0.485. The molecule has 0 aromatic heterocycles. The van der Waals surface area contributed by atoms with Gasteiger partial charge in [0.15, 0.2) is 0 Å². The lowest BCUT2D eigenvalue weighted by molar-refractivity contribution is 0.191. The molecule has 0 aliphatic carbocycles. The fourth-order valence-corrected chi connectivity index (χ4v) is 1.64. The average molecular weight is 252 g/mol. The second kappa shape index (κ2) is 7.95. The van der Waals surface area contributed by atoms with Gasteiger partial charge in [-0.25, -0.2) is 0 Å². The van der Waals surface area contributed by atoms with Gasteiger partial charge in [-0.05, 0) is 44.0 Å². The molecule has 0 fully saturated rings. The van der Waals surface area contributed by atoms with Gasteiger partial charge in [-0.2, -0.15) is 0 Å². The molecule has 4 N–H and O–H groups in total. The number of nitrogen functional groups attached to an aromatic ring is 1. The normalized spacial score (nSPS) is 12.4. The molecule has 102 valence electrons. The zero-order valence-electron chi connectivity index (χ0n) is 11.3. The molecule has 0 heterocycles. The number of hydrogen-bond acceptors (Lipinski definition) is 4. The molecule has 1 atom stereocenters. The zero-order valence-corrected chi connectivity index (χ0v) is 11.3. The van der Waals surface area contributed by atoms with E-state index in [2.05, 4.69) is 12.2 Å². The fraction of sp³-hybridized carbons (Fsp3) is 0.571. The van der Waals surface area contributed by atoms with Crippen molar-refractivity contribution in [2.75, 3.05) is 25.4 Å². The highest BCUT2D eigenvalue weighted by Gasteiger charge is 2.02. The average Bonchev–Trinajstić information content (AvgIpc) is 2.33. The maximum Gasteiger partial charge on any atom is 0.142 e. The Hall–Kier alpha value is -1.26. The second-order valence-corrected chi connectivity index (χ2v) is 4.52. The first kappa shape index (κ1) is 14.8. The van der Waals surface area contributed by atoms with Crippen molar-refractivity contribution in [1.82, 2.24) is 5.32 Å². The van der Waals surface area contributed by atoms with Gasteiger partial charge in [0.2, 0.25) is 0 Å². The minimum absolute atomic E-state index is 0.306. The second-order valence-electron chi connectivity index (χ2n) is 4.52. The van der Waals surface area contributed by atoms with Crippen LogP contribution in [0.4, 0.5) is 5.69 Å². The van der Waals surface area contributed by atoms with Crippen molar-refractivity contribution >= 4 is 5.69 Å². The predicted molar refractivity (Wildman–Crippen MR) is 74.9 cm³/mol. The van der Waals surface area contributed by atoms with Gasteiger partial charge in [-0.1, -0.05) is 13.0 Å². The summed E-state index contributed by atoms with van der Waals surface area (Å²) in [6.45, 7) is 5.98. The Morgan fingerprint density at radius 3 is 2.83 bits per heavy atom. The fourth-order valence-electron chi connectivity index (χ4n) is 1.64. The summed E-state index contributed by atoms with van der Waals surface area (Å²) >= 11 is 0. The number of benzene rings is 1. The van der Waals surface area contributed by atoms with Crippen LogP contribution < -0.4 is 15.8 Å². The zero-order chi connectivity index (χ0) is 13.4. The lowest BCUT2D eigenvalue weighted by Gasteiger charge is -2.10. The van der Waals surface area contributed by atoms with Crippen molar-refractivity contribution < 1.29 is 9.84 Å². The van der Waals surface area contributed by atoms with Gasteiger partial charge >= 0.3 is 0 Å². The van der Waals surface area contributed by atoms with E-state index in [4.69, 9.17) is 15.6 Å². The van der Waals surface area contributed by atoms with E-state index >= 15 is 0 Å². The van der Waals surface area contributed by atoms with Gasteiger partial charge in [0.05, 0.1) is 18.4 Å². The minimum Gasteiger partial charge on any atom is -0.491 e. The van der Waals surface area contributed by atoms with Gasteiger partial charge < -0.3 is 20.9 Å². The summed E-state index contributed by atoms with van der Waals surface area (Å²) in [5.41, 5.74) is 7.80. The molecule has 0 aliphatic heterocycles. The van der Waals surface area contributed by atoms with E-state index in [1.54, 1.807) is 6.92 Å². The summed E-state index contributed by atoms with van der Waals surface area (Å²) < 4.78 is 5.52.